The zero-order valence-corrected chi connectivity index (χ0v) is 15.8. The van der Waals surface area contributed by atoms with Gasteiger partial charge in [0.25, 0.3) is 5.56 Å². The number of carbonyl (C=O) groups excluding carboxylic acids is 2. The summed E-state index contributed by atoms with van der Waals surface area (Å²) in [4.78, 5) is 45.2. The van der Waals surface area contributed by atoms with E-state index in [1.54, 1.807) is 29.2 Å². The van der Waals surface area contributed by atoms with Gasteiger partial charge in [0.1, 0.15) is 6.54 Å². The minimum Gasteiger partial charge on any atom is -0.310 e. The van der Waals surface area contributed by atoms with Crippen LogP contribution in [0.4, 0.5) is 11.5 Å². The van der Waals surface area contributed by atoms with Crippen molar-refractivity contribution in [1.82, 2.24) is 9.55 Å². The van der Waals surface area contributed by atoms with E-state index in [1.807, 2.05) is 24.3 Å². The number of rotatable bonds is 3. The van der Waals surface area contributed by atoms with E-state index < -0.39 is 5.56 Å². The first-order valence-corrected chi connectivity index (χ1v) is 9.09. The summed E-state index contributed by atoms with van der Waals surface area (Å²) in [6, 6.07) is 14.9. The van der Waals surface area contributed by atoms with E-state index in [0.717, 1.165) is 17.7 Å². The normalized spacial score (nSPS) is 12.9. The maximum Gasteiger partial charge on any atom is 0.294 e. The molecule has 28 heavy (non-hydrogen) atoms. The SMILES string of the molecule is CC(=O)N(C)c1nc2ccccc2n(CC(=O)N2CCc3ccccc32)c1=O. The molecular formula is C21H20N4O3. The van der Waals surface area contributed by atoms with Crippen molar-refractivity contribution in [2.45, 2.75) is 19.9 Å². The Hall–Kier alpha value is -3.48. The van der Waals surface area contributed by atoms with E-state index in [-0.39, 0.29) is 24.2 Å². The highest BCUT2D eigenvalue weighted by atomic mass is 16.2. The van der Waals surface area contributed by atoms with Crippen LogP contribution in [-0.2, 0) is 22.6 Å². The summed E-state index contributed by atoms with van der Waals surface area (Å²) in [6.07, 6.45) is 0.798. The minimum atomic E-state index is -0.461. The van der Waals surface area contributed by atoms with Gasteiger partial charge in [-0.15, -0.1) is 0 Å². The van der Waals surface area contributed by atoms with Gasteiger partial charge in [0.05, 0.1) is 11.0 Å². The predicted molar refractivity (Wildman–Crippen MR) is 108 cm³/mol. The van der Waals surface area contributed by atoms with Gasteiger partial charge < -0.3 is 4.90 Å². The van der Waals surface area contributed by atoms with E-state index >= 15 is 0 Å². The fourth-order valence-corrected chi connectivity index (χ4v) is 3.52. The fourth-order valence-electron chi connectivity index (χ4n) is 3.52. The monoisotopic (exact) mass is 376 g/mol. The highest BCUT2D eigenvalue weighted by Gasteiger charge is 2.26. The zero-order chi connectivity index (χ0) is 19.8. The van der Waals surface area contributed by atoms with Crippen molar-refractivity contribution in [3.63, 3.8) is 0 Å². The summed E-state index contributed by atoms with van der Waals surface area (Å²) in [5, 5.41) is 0. The van der Waals surface area contributed by atoms with Gasteiger partial charge >= 0.3 is 0 Å². The molecule has 1 aliphatic rings. The Balaban J connectivity index is 1.78. The number of para-hydroxylation sites is 3. The van der Waals surface area contributed by atoms with Crippen LogP contribution >= 0.6 is 0 Å². The molecule has 0 spiro atoms. The van der Waals surface area contributed by atoms with Gasteiger partial charge in [-0.2, -0.15) is 0 Å². The Morgan fingerprint density at radius 3 is 2.61 bits per heavy atom. The van der Waals surface area contributed by atoms with Crippen LogP contribution in [0.25, 0.3) is 11.0 Å². The zero-order valence-electron chi connectivity index (χ0n) is 15.8. The number of benzene rings is 2. The van der Waals surface area contributed by atoms with Crippen LogP contribution in [0.5, 0.6) is 0 Å². The number of hydrogen-bond acceptors (Lipinski definition) is 4. The second-order valence-corrected chi connectivity index (χ2v) is 6.82. The molecule has 1 aromatic heterocycles. The molecule has 0 bridgehead atoms. The number of anilines is 2. The maximum atomic E-state index is 13.1. The summed E-state index contributed by atoms with van der Waals surface area (Å²) in [7, 11) is 1.50. The molecule has 4 rings (SSSR count). The lowest BCUT2D eigenvalue weighted by atomic mass is 10.2. The van der Waals surface area contributed by atoms with E-state index in [0.29, 0.717) is 17.6 Å². The Labute approximate surface area is 161 Å². The third kappa shape index (κ3) is 2.94. The van der Waals surface area contributed by atoms with Crippen molar-refractivity contribution >= 4 is 34.4 Å². The maximum absolute atomic E-state index is 13.1. The smallest absolute Gasteiger partial charge is 0.294 e. The Bertz CT molecular complexity index is 1150. The molecule has 2 heterocycles. The van der Waals surface area contributed by atoms with E-state index in [2.05, 4.69) is 4.98 Å². The number of nitrogens with zero attached hydrogens (tertiary/aromatic N) is 4. The molecule has 142 valence electrons. The molecule has 0 fully saturated rings. The Morgan fingerprint density at radius 2 is 1.82 bits per heavy atom. The summed E-state index contributed by atoms with van der Waals surface area (Å²) < 4.78 is 1.40. The molecule has 0 unspecified atom stereocenters. The number of carbonyl (C=O) groups is 2. The molecule has 3 aromatic rings. The molecule has 1 aliphatic heterocycles. The number of aromatic nitrogens is 2. The van der Waals surface area contributed by atoms with E-state index in [4.69, 9.17) is 0 Å². The van der Waals surface area contributed by atoms with E-state index in [9.17, 15) is 14.4 Å². The van der Waals surface area contributed by atoms with Crippen molar-refractivity contribution < 1.29 is 9.59 Å². The first kappa shape index (κ1) is 17.9. The van der Waals surface area contributed by atoms with Crippen LogP contribution < -0.4 is 15.4 Å². The highest BCUT2D eigenvalue weighted by molar-refractivity contribution is 5.96. The van der Waals surface area contributed by atoms with Crippen LogP contribution in [0, 0.1) is 0 Å². The number of amides is 2. The second kappa shape index (κ2) is 6.92. The third-order valence-electron chi connectivity index (χ3n) is 5.11. The summed E-state index contributed by atoms with van der Waals surface area (Å²) in [5.41, 5.74) is 2.67. The first-order chi connectivity index (χ1) is 13.5. The summed E-state index contributed by atoms with van der Waals surface area (Å²) in [5.74, 6) is -0.452. The third-order valence-corrected chi connectivity index (χ3v) is 5.11. The van der Waals surface area contributed by atoms with Crippen LogP contribution in [-0.4, -0.2) is 35.0 Å². The van der Waals surface area contributed by atoms with Crippen molar-refractivity contribution in [3.05, 3.63) is 64.4 Å². The summed E-state index contributed by atoms with van der Waals surface area (Å²) >= 11 is 0. The van der Waals surface area contributed by atoms with Gasteiger partial charge in [0, 0.05) is 26.2 Å². The predicted octanol–water partition coefficient (Wildman–Crippen LogP) is 1.97. The lowest BCUT2D eigenvalue weighted by molar-refractivity contribution is -0.119. The van der Waals surface area contributed by atoms with Crippen molar-refractivity contribution in [3.8, 4) is 0 Å². The highest BCUT2D eigenvalue weighted by Crippen LogP contribution is 2.27. The fraction of sp³-hybridized carbons (Fsp3) is 0.238. The van der Waals surface area contributed by atoms with Crippen molar-refractivity contribution in [1.29, 1.82) is 0 Å². The number of hydrogen-bond donors (Lipinski definition) is 0. The molecule has 0 N–H and O–H groups in total. The topological polar surface area (TPSA) is 75.5 Å². The minimum absolute atomic E-state index is 0.0147. The largest absolute Gasteiger partial charge is 0.310 e. The molecule has 2 amide bonds. The van der Waals surface area contributed by atoms with Crippen LogP contribution in [0.1, 0.15) is 12.5 Å². The lowest BCUT2D eigenvalue weighted by Crippen LogP contribution is -2.38. The number of fused-ring (bicyclic) bond motifs is 2. The van der Waals surface area contributed by atoms with Gasteiger partial charge in [-0.05, 0) is 30.2 Å². The molecular weight excluding hydrogens is 356 g/mol. The molecule has 0 saturated carbocycles. The van der Waals surface area contributed by atoms with Gasteiger partial charge in [0.2, 0.25) is 17.6 Å². The Morgan fingerprint density at radius 1 is 1.11 bits per heavy atom. The average molecular weight is 376 g/mol. The second-order valence-electron chi connectivity index (χ2n) is 6.82. The van der Waals surface area contributed by atoms with Gasteiger partial charge in [0.15, 0.2) is 0 Å². The van der Waals surface area contributed by atoms with E-state index in [1.165, 1.54) is 23.4 Å². The molecule has 7 heteroatoms. The van der Waals surface area contributed by atoms with Crippen LogP contribution in [0.2, 0.25) is 0 Å². The van der Waals surface area contributed by atoms with Gasteiger partial charge in [-0.1, -0.05) is 30.3 Å². The summed E-state index contributed by atoms with van der Waals surface area (Å²) in [6.45, 7) is 1.85. The first-order valence-electron chi connectivity index (χ1n) is 9.09. The Kier molecular flexibility index (Phi) is 4.43. The molecule has 0 radical (unpaired) electrons. The molecule has 2 aromatic carbocycles. The van der Waals surface area contributed by atoms with Gasteiger partial charge in [-0.3, -0.25) is 23.9 Å². The molecule has 0 atom stereocenters. The van der Waals surface area contributed by atoms with Crippen molar-refractivity contribution in [2.24, 2.45) is 0 Å². The quantitative estimate of drug-likeness (QED) is 0.700. The van der Waals surface area contributed by atoms with Crippen molar-refractivity contribution in [2.75, 3.05) is 23.4 Å². The molecule has 0 aliphatic carbocycles. The molecule has 0 saturated heterocycles. The van der Waals surface area contributed by atoms with Gasteiger partial charge in [-0.25, -0.2) is 4.98 Å². The standard InChI is InChI=1S/C21H20N4O3/c1-14(26)23(2)20-21(28)25(18-10-6-4-8-16(18)22-20)13-19(27)24-12-11-15-7-3-5-9-17(15)24/h3-10H,11-13H2,1-2H3. The molecule has 7 nitrogen and oxygen atoms in total. The van der Waals surface area contributed by atoms with Crippen LogP contribution in [0.3, 0.4) is 0 Å². The lowest BCUT2D eigenvalue weighted by Gasteiger charge is -2.20. The van der Waals surface area contributed by atoms with Crippen LogP contribution in [0.15, 0.2) is 53.3 Å². The average Bonchev–Trinajstić information content (AvgIpc) is 3.13.